The van der Waals surface area contributed by atoms with Crippen molar-refractivity contribution >= 4 is 76.8 Å². The Morgan fingerprint density at radius 3 is 1.85 bits per heavy atom. The number of rotatable bonds is 17. The fourth-order valence-electron chi connectivity index (χ4n) is 7.61. The molecule has 6 rings (SSSR count). The van der Waals surface area contributed by atoms with Gasteiger partial charge in [0.2, 0.25) is 0 Å². The molecule has 1 atom stereocenters. The van der Waals surface area contributed by atoms with E-state index >= 15 is 0 Å². The lowest BCUT2D eigenvalue weighted by molar-refractivity contribution is 0.0621. The van der Waals surface area contributed by atoms with Gasteiger partial charge in [0.1, 0.15) is 11.5 Å². The maximum atomic E-state index is 14.5. The number of unbranched alkanes of at least 4 members (excludes halogenated alkanes) is 4. The van der Waals surface area contributed by atoms with Gasteiger partial charge in [0, 0.05) is 31.9 Å². The van der Waals surface area contributed by atoms with E-state index in [0.29, 0.717) is 23.6 Å². The molecule has 3 aromatic heterocycles. The van der Waals surface area contributed by atoms with Gasteiger partial charge in [0.15, 0.2) is 0 Å². The number of fused-ring (bicyclic) bond motifs is 4. The molecule has 0 bridgehead atoms. The Kier molecular flexibility index (Phi) is 11.5. The lowest BCUT2D eigenvalue weighted by Gasteiger charge is -2.25. The molecule has 2 amide bonds. The molecule has 5 aromatic rings. The van der Waals surface area contributed by atoms with Crippen LogP contribution in [0.3, 0.4) is 0 Å². The average molecular weight is 760 g/mol. The number of benzene rings is 2. The van der Waals surface area contributed by atoms with Crippen LogP contribution in [0.15, 0.2) is 24.3 Å². The summed E-state index contributed by atoms with van der Waals surface area (Å²) in [6.07, 6.45) is 11.1. The van der Waals surface area contributed by atoms with Crippen molar-refractivity contribution in [3.05, 3.63) is 45.1 Å². The average Bonchev–Trinajstić information content (AvgIpc) is 3.91. The van der Waals surface area contributed by atoms with E-state index in [2.05, 4.69) is 79.7 Å². The van der Waals surface area contributed by atoms with E-state index in [0.717, 1.165) is 102 Å². The maximum Gasteiger partial charge on any atom is 0.263 e. The van der Waals surface area contributed by atoms with Crippen LogP contribution in [0.25, 0.3) is 40.7 Å². The van der Waals surface area contributed by atoms with Crippen molar-refractivity contribution in [2.45, 2.75) is 130 Å². The van der Waals surface area contributed by atoms with Gasteiger partial charge >= 0.3 is 0 Å². The number of ether oxygens (including phenoxy) is 2. The van der Waals surface area contributed by atoms with Crippen LogP contribution in [0.5, 0.6) is 11.5 Å². The molecule has 0 N–H and O–H groups in total. The summed E-state index contributed by atoms with van der Waals surface area (Å²) in [5, 5.41) is 4.25. The summed E-state index contributed by atoms with van der Waals surface area (Å²) < 4.78 is 14.6. The van der Waals surface area contributed by atoms with E-state index in [-0.39, 0.29) is 22.6 Å². The molecule has 2 aromatic carbocycles. The second-order valence-corrected chi connectivity index (χ2v) is 19.2. The van der Waals surface area contributed by atoms with E-state index in [1.807, 2.05) is 11.3 Å². The largest absolute Gasteiger partial charge is 0.495 e. The first-order valence-electron chi connectivity index (χ1n) is 19.4. The normalized spacial score (nSPS) is 14.4. The molecule has 0 saturated carbocycles. The van der Waals surface area contributed by atoms with Gasteiger partial charge in [-0.3, -0.25) is 14.5 Å². The molecule has 0 saturated heterocycles. The zero-order valence-corrected chi connectivity index (χ0v) is 35.4. The number of imide groups is 1. The first-order chi connectivity index (χ1) is 24.8. The summed E-state index contributed by atoms with van der Waals surface area (Å²) in [5.74, 6) is 1.80. The molecule has 1 aliphatic rings. The van der Waals surface area contributed by atoms with Crippen molar-refractivity contribution in [3.8, 4) is 21.3 Å². The summed E-state index contributed by atoms with van der Waals surface area (Å²) in [7, 11) is 3.50. The molecule has 0 fully saturated rings. The highest BCUT2D eigenvalue weighted by molar-refractivity contribution is 7.27. The molecule has 1 unspecified atom stereocenters. The van der Waals surface area contributed by atoms with Crippen LogP contribution in [-0.2, 0) is 10.8 Å². The van der Waals surface area contributed by atoms with Gasteiger partial charge in [-0.05, 0) is 77.5 Å². The number of amides is 2. The second kappa shape index (κ2) is 15.4. The van der Waals surface area contributed by atoms with Crippen molar-refractivity contribution in [2.24, 2.45) is 5.92 Å². The van der Waals surface area contributed by atoms with Crippen molar-refractivity contribution < 1.29 is 19.1 Å². The molecule has 0 radical (unpaired) electrons. The third-order valence-corrected chi connectivity index (χ3v) is 16.1. The monoisotopic (exact) mass is 759 g/mol. The van der Waals surface area contributed by atoms with Crippen LogP contribution in [0.4, 0.5) is 0 Å². The minimum Gasteiger partial charge on any atom is -0.495 e. The summed E-state index contributed by atoms with van der Waals surface area (Å²) >= 11 is 5.11. The van der Waals surface area contributed by atoms with E-state index in [1.54, 1.807) is 41.8 Å². The molecule has 280 valence electrons. The molecule has 1 aliphatic heterocycles. The van der Waals surface area contributed by atoms with Crippen LogP contribution >= 0.6 is 34.0 Å². The number of carbonyl (C=O) groups is 2. The van der Waals surface area contributed by atoms with Crippen LogP contribution in [0.1, 0.15) is 150 Å². The topological polar surface area (TPSA) is 55.8 Å². The molecule has 8 heteroatoms. The van der Waals surface area contributed by atoms with Crippen molar-refractivity contribution in [3.63, 3.8) is 0 Å². The highest BCUT2D eigenvalue weighted by atomic mass is 32.1. The zero-order chi connectivity index (χ0) is 37.5. The lowest BCUT2D eigenvalue weighted by atomic mass is 9.85. The number of methoxy groups -OCH3 is 2. The predicted molar refractivity (Wildman–Crippen MR) is 225 cm³/mol. The van der Waals surface area contributed by atoms with Crippen LogP contribution < -0.4 is 9.47 Å². The summed E-state index contributed by atoms with van der Waals surface area (Å²) in [4.78, 5) is 34.8. The third-order valence-electron chi connectivity index (χ3n) is 11.7. The van der Waals surface area contributed by atoms with Gasteiger partial charge in [-0.25, -0.2) is 0 Å². The Morgan fingerprint density at radius 1 is 0.673 bits per heavy atom. The fraction of sp³-hybridized carbons (Fsp3) is 0.545. The third kappa shape index (κ3) is 6.81. The number of hydrogen-bond acceptors (Lipinski definition) is 7. The molecule has 4 heterocycles. The molecule has 52 heavy (non-hydrogen) atoms. The van der Waals surface area contributed by atoms with Crippen LogP contribution in [-0.4, -0.2) is 37.5 Å². The summed E-state index contributed by atoms with van der Waals surface area (Å²) in [5.41, 5.74) is 1.07. The van der Waals surface area contributed by atoms with Crippen molar-refractivity contribution in [1.82, 2.24) is 4.90 Å². The minimum absolute atomic E-state index is 0.0752. The quantitative estimate of drug-likeness (QED) is 0.0700. The number of nitrogens with zero attached hydrogens (tertiary/aromatic N) is 1. The number of thiophene rings is 3. The van der Waals surface area contributed by atoms with Crippen LogP contribution in [0.2, 0.25) is 0 Å². The van der Waals surface area contributed by atoms with E-state index in [4.69, 9.17) is 9.47 Å². The maximum absolute atomic E-state index is 14.5. The Labute approximate surface area is 322 Å². The Bertz CT molecular complexity index is 2110. The lowest BCUT2D eigenvalue weighted by Crippen LogP contribution is -2.35. The van der Waals surface area contributed by atoms with Crippen molar-refractivity contribution in [1.29, 1.82) is 0 Å². The SMILES string of the molecule is CCCCCCC(CCCC)CN1C(=O)c2c(-c3cc4cc5c(OC)c6sc(C(C)(C)CC)cc6cc5c(OC)c4s3)sc(C(C)(C)CC)c2C1=O. The molecular formula is C44H57NO4S3. The van der Waals surface area contributed by atoms with Gasteiger partial charge < -0.3 is 9.47 Å². The first-order valence-corrected chi connectivity index (χ1v) is 21.9. The highest BCUT2D eigenvalue weighted by Crippen LogP contribution is 2.53. The minimum atomic E-state index is -0.242. The summed E-state index contributed by atoms with van der Waals surface area (Å²) in [6.45, 7) is 18.4. The van der Waals surface area contributed by atoms with Gasteiger partial charge in [-0.1, -0.05) is 93.9 Å². The van der Waals surface area contributed by atoms with Gasteiger partial charge in [-0.2, -0.15) is 0 Å². The molecular weight excluding hydrogens is 703 g/mol. The first kappa shape index (κ1) is 38.8. The Balaban J connectivity index is 1.48. The van der Waals surface area contributed by atoms with E-state index in [9.17, 15) is 9.59 Å². The van der Waals surface area contributed by atoms with E-state index in [1.165, 1.54) is 24.1 Å². The Hall–Kier alpha value is -2.94. The highest BCUT2D eigenvalue weighted by Gasteiger charge is 2.45. The van der Waals surface area contributed by atoms with E-state index < -0.39 is 0 Å². The number of carbonyl (C=O) groups excluding carboxylic acids is 2. The fourth-order valence-corrected chi connectivity index (χ4v) is 11.7. The smallest absolute Gasteiger partial charge is 0.263 e. The van der Waals surface area contributed by atoms with Gasteiger partial charge in [0.05, 0.1) is 39.6 Å². The molecule has 0 spiro atoms. The number of hydrogen-bond donors (Lipinski definition) is 0. The van der Waals surface area contributed by atoms with Gasteiger partial charge in [0.25, 0.3) is 11.8 Å². The molecule has 0 aliphatic carbocycles. The summed E-state index contributed by atoms with van der Waals surface area (Å²) in [6, 6.07) is 8.97. The predicted octanol–water partition coefficient (Wildman–Crippen LogP) is 13.8. The van der Waals surface area contributed by atoms with Gasteiger partial charge in [-0.15, -0.1) is 34.0 Å². The van der Waals surface area contributed by atoms with Crippen molar-refractivity contribution in [2.75, 3.05) is 20.8 Å². The standard InChI is InChI=1S/C44H57NO4S3/c1-11-15-17-18-20-26(19-16-12-2)25-45-41(46)33-34(42(45)47)40(44(7,8)14-4)52-39(33)31-23-27-21-29-30(35(48-9)37(27)50-31)22-28-24-32(43(5,6)13-3)51-38(28)36(29)49-10/h21-24,26H,11-20,25H2,1-10H3. The van der Waals surface area contributed by atoms with Crippen LogP contribution in [0, 0.1) is 5.92 Å². The molecule has 5 nitrogen and oxygen atoms in total. The Morgan fingerprint density at radius 2 is 1.25 bits per heavy atom. The zero-order valence-electron chi connectivity index (χ0n) is 33.0. The second-order valence-electron chi connectivity index (χ2n) is 16.0.